The fourth-order valence-electron chi connectivity index (χ4n) is 2.94. The summed E-state index contributed by atoms with van der Waals surface area (Å²) in [5.74, 6) is 0.717. The van der Waals surface area contributed by atoms with Crippen molar-refractivity contribution >= 4 is 23.4 Å². The van der Waals surface area contributed by atoms with Gasteiger partial charge in [-0.1, -0.05) is 37.3 Å². The number of amides is 1. The van der Waals surface area contributed by atoms with Crippen molar-refractivity contribution in [2.24, 2.45) is 5.92 Å². The standard InChI is InChI=1S/C21H24N2O/c1-17-13-15-23(16-14-17)20-10-8-19(9-11-20)22-21(24)12-7-18-5-3-2-4-6-18/h2-12,17H,13-16H2,1H3,(H,22,24). The Hall–Kier alpha value is -2.55. The maximum atomic E-state index is 12.0. The highest BCUT2D eigenvalue weighted by atomic mass is 16.1. The summed E-state index contributed by atoms with van der Waals surface area (Å²) in [6, 6.07) is 17.9. The van der Waals surface area contributed by atoms with E-state index in [4.69, 9.17) is 0 Å². The maximum absolute atomic E-state index is 12.0. The van der Waals surface area contributed by atoms with Gasteiger partial charge in [0.15, 0.2) is 0 Å². The van der Waals surface area contributed by atoms with Crippen LogP contribution in [0.4, 0.5) is 11.4 Å². The van der Waals surface area contributed by atoms with Crippen LogP contribution in [0.2, 0.25) is 0 Å². The monoisotopic (exact) mass is 320 g/mol. The molecule has 0 aromatic heterocycles. The number of anilines is 2. The molecule has 0 unspecified atom stereocenters. The fraction of sp³-hybridized carbons (Fsp3) is 0.286. The van der Waals surface area contributed by atoms with E-state index in [1.165, 1.54) is 18.5 Å². The summed E-state index contributed by atoms with van der Waals surface area (Å²) in [7, 11) is 0. The average Bonchev–Trinajstić information content (AvgIpc) is 2.62. The first kappa shape index (κ1) is 16.3. The summed E-state index contributed by atoms with van der Waals surface area (Å²) in [6.45, 7) is 4.55. The Morgan fingerprint density at radius 1 is 1.04 bits per heavy atom. The normalized spacial score (nSPS) is 15.6. The highest BCUT2D eigenvalue weighted by molar-refractivity contribution is 6.02. The Kier molecular flexibility index (Phi) is 5.32. The van der Waals surface area contributed by atoms with Crippen molar-refractivity contribution in [3.8, 4) is 0 Å². The van der Waals surface area contributed by atoms with E-state index in [1.54, 1.807) is 6.08 Å². The lowest BCUT2D eigenvalue weighted by Gasteiger charge is -2.32. The van der Waals surface area contributed by atoms with Crippen LogP contribution in [0.3, 0.4) is 0 Å². The molecule has 0 saturated carbocycles. The molecule has 1 aliphatic heterocycles. The SMILES string of the molecule is CC1CCN(c2ccc(NC(=O)C=Cc3ccccc3)cc2)CC1. The van der Waals surface area contributed by atoms with Gasteiger partial charge in [0.25, 0.3) is 0 Å². The highest BCUT2D eigenvalue weighted by Gasteiger charge is 2.15. The average molecular weight is 320 g/mol. The van der Waals surface area contributed by atoms with E-state index in [0.29, 0.717) is 0 Å². The van der Waals surface area contributed by atoms with Crippen LogP contribution in [0.25, 0.3) is 6.08 Å². The molecule has 124 valence electrons. The summed E-state index contributed by atoms with van der Waals surface area (Å²) in [4.78, 5) is 14.4. The van der Waals surface area contributed by atoms with Crippen LogP contribution >= 0.6 is 0 Å². The molecule has 0 spiro atoms. The first-order chi connectivity index (χ1) is 11.7. The van der Waals surface area contributed by atoms with Gasteiger partial charge in [-0.3, -0.25) is 4.79 Å². The number of nitrogens with zero attached hydrogens (tertiary/aromatic N) is 1. The van der Waals surface area contributed by atoms with Gasteiger partial charge >= 0.3 is 0 Å². The zero-order valence-corrected chi connectivity index (χ0v) is 14.1. The minimum absolute atomic E-state index is 0.113. The van der Waals surface area contributed by atoms with E-state index < -0.39 is 0 Å². The van der Waals surface area contributed by atoms with Gasteiger partial charge in [-0.15, -0.1) is 0 Å². The summed E-state index contributed by atoms with van der Waals surface area (Å²) < 4.78 is 0. The van der Waals surface area contributed by atoms with Crippen molar-refractivity contribution in [1.82, 2.24) is 0 Å². The number of hydrogen-bond acceptors (Lipinski definition) is 2. The second-order valence-electron chi connectivity index (χ2n) is 6.45. The molecule has 1 N–H and O–H groups in total. The number of carbonyl (C=O) groups is 1. The molecule has 2 aromatic carbocycles. The Bertz CT molecular complexity index is 684. The van der Waals surface area contributed by atoms with Crippen molar-refractivity contribution in [1.29, 1.82) is 0 Å². The van der Waals surface area contributed by atoms with E-state index in [9.17, 15) is 4.79 Å². The molecule has 24 heavy (non-hydrogen) atoms. The Morgan fingerprint density at radius 3 is 2.38 bits per heavy atom. The van der Waals surface area contributed by atoms with Crippen molar-refractivity contribution in [2.75, 3.05) is 23.3 Å². The van der Waals surface area contributed by atoms with Gasteiger partial charge in [-0.25, -0.2) is 0 Å². The van der Waals surface area contributed by atoms with Crippen molar-refractivity contribution in [2.45, 2.75) is 19.8 Å². The minimum atomic E-state index is -0.113. The summed E-state index contributed by atoms with van der Waals surface area (Å²) >= 11 is 0. The fourth-order valence-corrected chi connectivity index (χ4v) is 2.94. The molecule has 1 saturated heterocycles. The molecule has 3 nitrogen and oxygen atoms in total. The lowest BCUT2D eigenvalue weighted by Crippen LogP contribution is -2.32. The maximum Gasteiger partial charge on any atom is 0.248 e. The molecule has 2 aromatic rings. The third kappa shape index (κ3) is 4.48. The zero-order chi connectivity index (χ0) is 16.8. The minimum Gasteiger partial charge on any atom is -0.372 e. The lowest BCUT2D eigenvalue weighted by molar-refractivity contribution is -0.111. The van der Waals surface area contributed by atoms with Gasteiger partial charge in [0.2, 0.25) is 5.91 Å². The Morgan fingerprint density at radius 2 is 1.71 bits per heavy atom. The summed E-state index contributed by atoms with van der Waals surface area (Å²) in [5, 5.41) is 2.91. The van der Waals surface area contributed by atoms with Gasteiger partial charge in [0.05, 0.1) is 0 Å². The van der Waals surface area contributed by atoms with E-state index in [0.717, 1.165) is 30.3 Å². The Labute approximate surface area is 144 Å². The third-order valence-electron chi connectivity index (χ3n) is 4.51. The smallest absolute Gasteiger partial charge is 0.248 e. The van der Waals surface area contributed by atoms with E-state index in [1.807, 2.05) is 48.5 Å². The van der Waals surface area contributed by atoms with Gasteiger partial charge in [0.1, 0.15) is 0 Å². The topological polar surface area (TPSA) is 32.3 Å². The molecule has 0 bridgehead atoms. The van der Waals surface area contributed by atoms with Gasteiger partial charge in [-0.2, -0.15) is 0 Å². The lowest BCUT2D eigenvalue weighted by atomic mass is 9.99. The summed E-state index contributed by atoms with van der Waals surface area (Å²) in [5.41, 5.74) is 3.08. The van der Waals surface area contributed by atoms with Crippen LogP contribution in [0.15, 0.2) is 60.7 Å². The molecule has 1 amide bonds. The molecule has 0 atom stereocenters. The second-order valence-corrected chi connectivity index (χ2v) is 6.45. The zero-order valence-electron chi connectivity index (χ0n) is 14.1. The van der Waals surface area contributed by atoms with Crippen molar-refractivity contribution in [3.63, 3.8) is 0 Å². The second kappa shape index (κ2) is 7.82. The van der Waals surface area contributed by atoms with Crippen LogP contribution in [0.1, 0.15) is 25.3 Å². The summed E-state index contributed by atoms with van der Waals surface area (Å²) in [6.07, 6.45) is 5.89. The van der Waals surface area contributed by atoms with Crippen LogP contribution in [0.5, 0.6) is 0 Å². The van der Waals surface area contributed by atoms with Crippen LogP contribution < -0.4 is 10.2 Å². The van der Waals surface area contributed by atoms with Crippen molar-refractivity contribution in [3.05, 3.63) is 66.2 Å². The first-order valence-electron chi connectivity index (χ1n) is 8.60. The van der Waals surface area contributed by atoms with Crippen molar-refractivity contribution < 1.29 is 4.79 Å². The van der Waals surface area contributed by atoms with E-state index in [2.05, 4.69) is 29.3 Å². The van der Waals surface area contributed by atoms with Gasteiger partial charge < -0.3 is 10.2 Å². The highest BCUT2D eigenvalue weighted by Crippen LogP contribution is 2.24. The molecule has 3 rings (SSSR count). The predicted molar refractivity (Wildman–Crippen MR) is 101 cm³/mol. The molecular formula is C21H24N2O. The molecule has 3 heteroatoms. The molecular weight excluding hydrogens is 296 g/mol. The van der Waals surface area contributed by atoms with E-state index >= 15 is 0 Å². The quantitative estimate of drug-likeness (QED) is 0.837. The number of nitrogens with one attached hydrogen (secondary N) is 1. The number of carbonyl (C=O) groups excluding carboxylic acids is 1. The molecule has 0 aliphatic carbocycles. The molecule has 1 heterocycles. The number of hydrogen-bond donors (Lipinski definition) is 1. The number of rotatable bonds is 4. The van der Waals surface area contributed by atoms with E-state index in [-0.39, 0.29) is 5.91 Å². The Balaban J connectivity index is 1.56. The van der Waals surface area contributed by atoms with Gasteiger partial charge in [0, 0.05) is 30.5 Å². The van der Waals surface area contributed by atoms with Crippen LogP contribution in [0, 0.1) is 5.92 Å². The largest absolute Gasteiger partial charge is 0.372 e. The molecule has 1 aliphatic rings. The number of piperidine rings is 1. The van der Waals surface area contributed by atoms with Gasteiger partial charge in [-0.05, 0) is 54.7 Å². The predicted octanol–water partition coefficient (Wildman–Crippen LogP) is 4.57. The first-order valence-corrected chi connectivity index (χ1v) is 8.60. The van der Waals surface area contributed by atoms with Crippen LogP contribution in [-0.4, -0.2) is 19.0 Å². The molecule has 1 fully saturated rings. The third-order valence-corrected chi connectivity index (χ3v) is 4.51. The number of benzene rings is 2. The van der Waals surface area contributed by atoms with Crippen LogP contribution in [-0.2, 0) is 4.79 Å². The molecule has 0 radical (unpaired) electrons.